The minimum Gasteiger partial charge on any atom is -0.351 e. The molecule has 2 aromatic carbocycles. The maximum Gasteiger partial charge on any atom is 0.267 e. The van der Waals surface area contributed by atoms with E-state index < -0.39 is 0 Å². The van der Waals surface area contributed by atoms with Gasteiger partial charge < -0.3 is 10.3 Å². The van der Waals surface area contributed by atoms with E-state index >= 15 is 0 Å². The Labute approximate surface area is 130 Å². The fourth-order valence-corrected chi connectivity index (χ4v) is 2.78. The second-order valence-corrected chi connectivity index (χ2v) is 5.72. The first-order chi connectivity index (χ1) is 10.6. The lowest BCUT2D eigenvalue weighted by Gasteiger charge is -2.03. The number of nitrogens with one attached hydrogen (secondary N) is 2. The molecule has 3 rings (SSSR count). The van der Waals surface area contributed by atoms with Crippen LogP contribution >= 0.6 is 0 Å². The summed E-state index contributed by atoms with van der Waals surface area (Å²) >= 11 is 0. The zero-order valence-corrected chi connectivity index (χ0v) is 12.9. The van der Waals surface area contributed by atoms with Crippen LogP contribution < -0.4 is 5.32 Å². The first-order valence-corrected chi connectivity index (χ1v) is 7.55. The SMILES string of the molecule is Cc1cc(C)c2cc(C(=O)NCCc3ccccc3)[nH]c2c1. The molecule has 0 unspecified atom stereocenters. The molecule has 3 nitrogen and oxygen atoms in total. The molecule has 2 N–H and O–H groups in total. The number of fused-ring (bicyclic) bond motifs is 1. The van der Waals surface area contributed by atoms with Crippen LogP contribution in [0.1, 0.15) is 27.2 Å². The topological polar surface area (TPSA) is 44.9 Å². The fraction of sp³-hybridized carbons (Fsp3) is 0.211. The molecule has 112 valence electrons. The Bertz CT molecular complexity index is 803. The number of hydrogen-bond donors (Lipinski definition) is 2. The Morgan fingerprint density at radius 1 is 1.09 bits per heavy atom. The molecule has 3 heteroatoms. The highest BCUT2D eigenvalue weighted by Crippen LogP contribution is 2.21. The third-order valence-electron chi connectivity index (χ3n) is 3.88. The number of aryl methyl sites for hydroxylation is 2. The van der Waals surface area contributed by atoms with Crippen LogP contribution in [0.15, 0.2) is 48.5 Å². The number of carbonyl (C=O) groups excluding carboxylic acids is 1. The lowest BCUT2D eigenvalue weighted by molar-refractivity contribution is 0.0950. The Morgan fingerprint density at radius 3 is 2.64 bits per heavy atom. The van der Waals surface area contributed by atoms with Crippen molar-refractivity contribution in [1.82, 2.24) is 10.3 Å². The van der Waals surface area contributed by atoms with Gasteiger partial charge in [-0.2, -0.15) is 0 Å². The number of aromatic amines is 1. The number of benzene rings is 2. The molecule has 3 aromatic rings. The van der Waals surface area contributed by atoms with Crippen LogP contribution in [0.5, 0.6) is 0 Å². The summed E-state index contributed by atoms with van der Waals surface area (Å²) in [6.07, 6.45) is 0.838. The Kier molecular flexibility index (Phi) is 3.96. The van der Waals surface area contributed by atoms with Crippen molar-refractivity contribution < 1.29 is 4.79 Å². The quantitative estimate of drug-likeness (QED) is 0.755. The minimum absolute atomic E-state index is 0.0517. The largest absolute Gasteiger partial charge is 0.351 e. The molecule has 0 saturated carbocycles. The highest BCUT2D eigenvalue weighted by Gasteiger charge is 2.10. The molecule has 1 amide bonds. The van der Waals surface area contributed by atoms with E-state index in [1.165, 1.54) is 16.7 Å². The molecule has 0 spiro atoms. The molecule has 0 bridgehead atoms. The molecule has 0 aliphatic rings. The minimum atomic E-state index is -0.0517. The van der Waals surface area contributed by atoms with Crippen LogP contribution in [0.2, 0.25) is 0 Å². The third-order valence-corrected chi connectivity index (χ3v) is 3.88. The molecular weight excluding hydrogens is 272 g/mol. The van der Waals surface area contributed by atoms with Crippen molar-refractivity contribution in [2.45, 2.75) is 20.3 Å². The zero-order valence-electron chi connectivity index (χ0n) is 12.9. The number of rotatable bonds is 4. The highest BCUT2D eigenvalue weighted by atomic mass is 16.1. The molecule has 0 fully saturated rings. The van der Waals surface area contributed by atoms with Crippen molar-refractivity contribution in [3.63, 3.8) is 0 Å². The number of hydrogen-bond acceptors (Lipinski definition) is 1. The summed E-state index contributed by atoms with van der Waals surface area (Å²) in [5.41, 5.74) is 5.26. The molecule has 0 radical (unpaired) electrons. The van der Waals surface area contributed by atoms with Gasteiger partial charge in [0.15, 0.2) is 0 Å². The van der Waals surface area contributed by atoms with Gasteiger partial charge >= 0.3 is 0 Å². The van der Waals surface area contributed by atoms with Gasteiger partial charge in [0.2, 0.25) is 0 Å². The normalized spacial score (nSPS) is 10.8. The molecule has 0 aliphatic carbocycles. The van der Waals surface area contributed by atoms with E-state index in [0.717, 1.165) is 17.3 Å². The van der Waals surface area contributed by atoms with Gasteiger partial charge in [0.1, 0.15) is 5.69 Å². The summed E-state index contributed by atoms with van der Waals surface area (Å²) in [4.78, 5) is 15.5. The van der Waals surface area contributed by atoms with Gasteiger partial charge in [-0.3, -0.25) is 4.79 Å². The molecule has 0 saturated heterocycles. The van der Waals surface area contributed by atoms with Crippen molar-refractivity contribution in [1.29, 1.82) is 0 Å². The van der Waals surface area contributed by atoms with E-state index in [-0.39, 0.29) is 5.91 Å². The van der Waals surface area contributed by atoms with Crippen LogP contribution in [0.3, 0.4) is 0 Å². The predicted octanol–water partition coefficient (Wildman–Crippen LogP) is 3.76. The van der Waals surface area contributed by atoms with E-state index in [0.29, 0.717) is 12.2 Å². The van der Waals surface area contributed by atoms with E-state index in [9.17, 15) is 4.79 Å². The summed E-state index contributed by atoms with van der Waals surface area (Å²) in [5, 5.41) is 4.08. The number of carbonyl (C=O) groups is 1. The second-order valence-electron chi connectivity index (χ2n) is 5.72. The van der Waals surface area contributed by atoms with Crippen LogP contribution in [0.25, 0.3) is 10.9 Å². The van der Waals surface area contributed by atoms with Gasteiger partial charge in [0.05, 0.1) is 0 Å². The maximum atomic E-state index is 12.3. The average Bonchev–Trinajstić information content (AvgIpc) is 2.92. The molecule has 1 heterocycles. The van der Waals surface area contributed by atoms with E-state index in [2.05, 4.69) is 48.4 Å². The Balaban J connectivity index is 1.69. The van der Waals surface area contributed by atoms with Crippen LogP contribution in [0, 0.1) is 13.8 Å². The van der Waals surface area contributed by atoms with Crippen LogP contribution in [-0.4, -0.2) is 17.4 Å². The first-order valence-electron chi connectivity index (χ1n) is 7.55. The van der Waals surface area contributed by atoms with Gasteiger partial charge in [-0.1, -0.05) is 36.4 Å². The second kappa shape index (κ2) is 6.06. The predicted molar refractivity (Wildman–Crippen MR) is 90.3 cm³/mol. The van der Waals surface area contributed by atoms with Crippen molar-refractivity contribution in [3.05, 3.63) is 70.9 Å². The molecule has 0 atom stereocenters. The van der Waals surface area contributed by atoms with Crippen molar-refractivity contribution in [2.75, 3.05) is 6.54 Å². The van der Waals surface area contributed by atoms with Gasteiger partial charge in [-0.15, -0.1) is 0 Å². The van der Waals surface area contributed by atoms with Gasteiger partial charge in [0.25, 0.3) is 5.91 Å². The highest BCUT2D eigenvalue weighted by molar-refractivity contribution is 5.98. The summed E-state index contributed by atoms with van der Waals surface area (Å²) in [5.74, 6) is -0.0517. The Hall–Kier alpha value is -2.55. The molecule has 22 heavy (non-hydrogen) atoms. The lowest BCUT2D eigenvalue weighted by atomic mass is 10.1. The standard InChI is InChI=1S/C19H20N2O/c1-13-10-14(2)16-12-18(21-17(16)11-13)19(22)20-9-8-15-6-4-3-5-7-15/h3-7,10-12,21H,8-9H2,1-2H3,(H,20,22). The van der Waals surface area contributed by atoms with Crippen molar-refractivity contribution in [3.8, 4) is 0 Å². The lowest BCUT2D eigenvalue weighted by Crippen LogP contribution is -2.25. The average molecular weight is 292 g/mol. The Morgan fingerprint density at radius 2 is 1.86 bits per heavy atom. The monoisotopic (exact) mass is 292 g/mol. The molecular formula is C19H20N2O. The van der Waals surface area contributed by atoms with E-state index in [1.54, 1.807) is 0 Å². The first kappa shape index (κ1) is 14.4. The van der Waals surface area contributed by atoms with E-state index in [4.69, 9.17) is 0 Å². The zero-order chi connectivity index (χ0) is 15.5. The van der Waals surface area contributed by atoms with Gasteiger partial charge in [0, 0.05) is 17.4 Å². The fourth-order valence-electron chi connectivity index (χ4n) is 2.78. The maximum absolute atomic E-state index is 12.3. The number of H-pyrrole nitrogens is 1. The summed E-state index contributed by atoms with van der Waals surface area (Å²) in [6.45, 7) is 4.77. The van der Waals surface area contributed by atoms with Gasteiger partial charge in [-0.25, -0.2) is 0 Å². The third kappa shape index (κ3) is 3.03. The number of amides is 1. The van der Waals surface area contributed by atoms with Gasteiger partial charge in [-0.05, 0) is 49.1 Å². The summed E-state index contributed by atoms with van der Waals surface area (Å²) in [7, 11) is 0. The van der Waals surface area contributed by atoms with Crippen molar-refractivity contribution in [2.24, 2.45) is 0 Å². The van der Waals surface area contributed by atoms with Crippen LogP contribution in [0.4, 0.5) is 0 Å². The molecule has 1 aromatic heterocycles. The summed E-state index contributed by atoms with van der Waals surface area (Å²) < 4.78 is 0. The molecule has 0 aliphatic heterocycles. The smallest absolute Gasteiger partial charge is 0.267 e. The van der Waals surface area contributed by atoms with Crippen molar-refractivity contribution >= 4 is 16.8 Å². The van der Waals surface area contributed by atoms with Crippen LogP contribution in [-0.2, 0) is 6.42 Å². The number of aromatic nitrogens is 1. The van der Waals surface area contributed by atoms with E-state index in [1.807, 2.05) is 24.3 Å². The summed E-state index contributed by atoms with van der Waals surface area (Å²) in [6, 6.07) is 16.3.